The fourth-order valence-electron chi connectivity index (χ4n) is 9.79. The Morgan fingerprint density at radius 1 is 0.954 bits per heavy atom. The maximum Gasteiger partial charge on any atom is 0.234 e. The minimum absolute atomic E-state index is 0.0626. The third-order valence-electron chi connectivity index (χ3n) is 13.0. The fourth-order valence-corrected chi connectivity index (χ4v) is 11.6. The Balaban J connectivity index is 0.885. The van der Waals surface area contributed by atoms with Gasteiger partial charge >= 0.3 is 0 Å². The molecule has 3 saturated heterocycles. The van der Waals surface area contributed by atoms with Gasteiger partial charge in [-0.1, -0.05) is 13.0 Å². The number of nitrogens with one attached hydrogen (secondary N) is 3. The molecule has 5 heterocycles. The Morgan fingerprint density at radius 3 is 2.38 bits per heavy atom. The molecular formula is C48H57BrF2N9O4P. The summed E-state index contributed by atoms with van der Waals surface area (Å²) in [4.78, 5) is 45.4. The van der Waals surface area contributed by atoms with Crippen molar-refractivity contribution >= 4 is 79.9 Å². The lowest BCUT2D eigenvalue weighted by atomic mass is 9.89. The third-order valence-corrected chi connectivity index (χ3v) is 15.2. The van der Waals surface area contributed by atoms with E-state index < -0.39 is 36.5 Å². The molecule has 0 spiro atoms. The molecule has 0 radical (unpaired) electrons. The number of ether oxygens (including phenoxy) is 1. The highest BCUT2D eigenvalue weighted by atomic mass is 79.9. The average Bonchev–Trinajstić information content (AvgIpc) is 3.26. The van der Waals surface area contributed by atoms with Crippen LogP contribution in [0, 0.1) is 18.6 Å². The number of anilines is 5. The molecule has 3 aliphatic heterocycles. The number of carbonyl (C=O) groups excluding carboxylic acids is 2. The predicted octanol–water partition coefficient (Wildman–Crippen LogP) is 8.42. The topological polar surface area (TPSA) is 145 Å². The van der Waals surface area contributed by atoms with Crippen LogP contribution in [0.2, 0.25) is 0 Å². The number of hydrogen-bond donors (Lipinski definition) is 3. The summed E-state index contributed by atoms with van der Waals surface area (Å²) in [5.41, 5.74) is 5.77. The highest BCUT2D eigenvalue weighted by Crippen LogP contribution is 2.42. The van der Waals surface area contributed by atoms with Crippen LogP contribution in [0.25, 0.3) is 10.9 Å². The van der Waals surface area contributed by atoms with Gasteiger partial charge in [-0.05, 0) is 123 Å². The van der Waals surface area contributed by atoms with Gasteiger partial charge in [-0.25, -0.2) is 13.8 Å². The van der Waals surface area contributed by atoms with Gasteiger partial charge in [0.2, 0.25) is 17.8 Å². The smallest absolute Gasteiger partial charge is 0.234 e. The lowest BCUT2D eigenvalue weighted by Crippen LogP contribution is -2.57. The van der Waals surface area contributed by atoms with Crippen LogP contribution in [0.1, 0.15) is 67.8 Å². The predicted molar refractivity (Wildman–Crippen MR) is 257 cm³/mol. The van der Waals surface area contributed by atoms with E-state index in [0.717, 1.165) is 80.0 Å². The number of nitrogens with zero attached hydrogens (tertiary/aromatic N) is 6. The first-order chi connectivity index (χ1) is 31.1. The van der Waals surface area contributed by atoms with E-state index in [9.17, 15) is 14.2 Å². The monoisotopic (exact) mass is 971 g/mol. The second kappa shape index (κ2) is 19.4. The van der Waals surface area contributed by atoms with Crippen LogP contribution in [-0.4, -0.2) is 108 Å². The molecule has 3 aromatic carbocycles. The number of piperazine rings is 1. The number of methoxy groups -OCH3 is 1. The number of piperidine rings is 2. The number of rotatable bonds is 13. The zero-order valence-corrected chi connectivity index (χ0v) is 40.3. The van der Waals surface area contributed by atoms with Gasteiger partial charge in [-0.3, -0.25) is 24.8 Å². The third kappa shape index (κ3) is 10.2. The first-order valence-electron chi connectivity index (χ1n) is 22.4. The van der Waals surface area contributed by atoms with Gasteiger partial charge in [0.15, 0.2) is 0 Å². The van der Waals surface area contributed by atoms with Crippen molar-refractivity contribution in [2.24, 2.45) is 0 Å². The molecule has 17 heteroatoms. The molecule has 2 amide bonds. The van der Waals surface area contributed by atoms with E-state index in [1.54, 1.807) is 26.6 Å². The number of fused-ring (bicyclic) bond motifs is 1. The molecule has 0 aliphatic carbocycles. The van der Waals surface area contributed by atoms with Crippen LogP contribution in [0.4, 0.5) is 37.6 Å². The van der Waals surface area contributed by atoms with Crippen molar-refractivity contribution in [2.45, 2.75) is 77.3 Å². The first kappa shape index (κ1) is 46.5. The molecule has 2 atom stereocenters. The summed E-state index contributed by atoms with van der Waals surface area (Å²) in [6.07, 6.45) is 5.21. The summed E-state index contributed by atoms with van der Waals surface area (Å²) in [5, 5.41) is 10.6. The maximum atomic E-state index is 15.2. The van der Waals surface area contributed by atoms with E-state index in [1.807, 2.05) is 31.2 Å². The highest BCUT2D eigenvalue weighted by molar-refractivity contribution is 9.10. The number of imide groups is 1. The summed E-state index contributed by atoms with van der Waals surface area (Å²) in [6, 6.07) is 15.4. The van der Waals surface area contributed by atoms with E-state index >= 15 is 8.78 Å². The number of amides is 2. The molecule has 8 rings (SSSR count). The van der Waals surface area contributed by atoms with Crippen LogP contribution < -0.4 is 30.9 Å². The van der Waals surface area contributed by atoms with Crippen LogP contribution in [-0.2, 0) is 27.0 Å². The molecule has 3 fully saturated rings. The number of carbonyl (C=O) groups is 2. The number of halogens is 3. The molecule has 344 valence electrons. The van der Waals surface area contributed by atoms with E-state index in [0.29, 0.717) is 63.6 Å². The molecule has 65 heavy (non-hydrogen) atoms. The Labute approximate surface area is 387 Å². The SMILES string of the molecule is CCc1cc(Nc2ncc(Br)c(Nc3ccc4nc(C)ccc4c3P(C)(C)=O)n2)c(OC)cc1N1CCC(N2CCN(CCc3cc(F)c(C4CCC(=O)NC4=O)c(F)c3)C[C@@H]2C)CC1. The van der Waals surface area contributed by atoms with Crippen molar-refractivity contribution in [1.29, 1.82) is 0 Å². The van der Waals surface area contributed by atoms with E-state index in [1.165, 1.54) is 17.7 Å². The Bertz CT molecular complexity index is 2650. The molecule has 0 bridgehead atoms. The normalized spacial score (nSPS) is 19.1. The standard InChI is InChI=1S/C48H57BrF2N9O4P/c1-7-31-24-40(55-48-52-26-35(49)46(57-48)54-39-12-11-38-33(9-8-28(2)53-38)45(39)65(5,6)63)42(64-4)25-41(31)59-18-15-32(16-19-59)60-21-20-58(27-29(60)3)17-14-30-22-36(50)44(37(51)23-30)34-10-13-43(61)56-47(34)62/h8-9,11-12,22-26,29,32,34H,7,10,13-21,27H2,1-6H3,(H,56,61,62)(H2,52,54,55,57)/t29-,34?/m0/s1. The Hall–Kier alpha value is -5.02. The molecular weight excluding hydrogens is 915 g/mol. The molecule has 2 aromatic heterocycles. The number of benzene rings is 3. The van der Waals surface area contributed by atoms with Crippen molar-refractivity contribution < 1.29 is 27.7 Å². The van der Waals surface area contributed by atoms with Crippen molar-refractivity contribution in [1.82, 2.24) is 30.1 Å². The van der Waals surface area contributed by atoms with Crippen molar-refractivity contribution in [3.63, 3.8) is 0 Å². The number of aryl methyl sites for hydroxylation is 2. The lowest BCUT2D eigenvalue weighted by Gasteiger charge is -2.47. The number of aromatic nitrogens is 3. The summed E-state index contributed by atoms with van der Waals surface area (Å²) < 4.78 is 50.6. The summed E-state index contributed by atoms with van der Waals surface area (Å²) >= 11 is 3.61. The van der Waals surface area contributed by atoms with E-state index in [-0.39, 0.29) is 18.4 Å². The second-order valence-corrected chi connectivity index (χ2v) is 21.8. The second-order valence-electron chi connectivity index (χ2n) is 17.8. The Kier molecular flexibility index (Phi) is 13.9. The van der Waals surface area contributed by atoms with Gasteiger partial charge in [-0.15, -0.1) is 0 Å². The fraction of sp³-hybridized carbons (Fsp3) is 0.438. The average molecular weight is 973 g/mol. The molecule has 5 aromatic rings. The number of pyridine rings is 1. The van der Waals surface area contributed by atoms with Crippen molar-refractivity contribution in [3.05, 3.63) is 93.2 Å². The molecule has 13 nitrogen and oxygen atoms in total. The van der Waals surface area contributed by atoms with E-state index in [4.69, 9.17) is 9.72 Å². The largest absolute Gasteiger partial charge is 0.494 e. The highest BCUT2D eigenvalue weighted by Gasteiger charge is 2.34. The van der Waals surface area contributed by atoms with Crippen molar-refractivity contribution in [3.8, 4) is 5.75 Å². The molecule has 0 saturated carbocycles. The van der Waals surface area contributed by atoms with Gasteiger partial charge in [0, 0.05) is 97.7 Å². The maximum absolute atomic E-state index is 15.2. The minimum atomic E-state index is -2.74. The van der Waals surface area contributed by atoms with Gasteiger partial charge in [-0.2, -0.15) is 4.98 Å². The summed E-state index contributed by atoms with van der Waals surface area (Å²) in [7, 11) is -1.07. The molecule has 1 unspecified atom stereocenters. The number of hydrogen-bond acceptors (Lipinski definition) is 12. The van der Waals surface area contributed by atoms with E-state index in [2.05, 4.69) is 82.5 Å². The van der Waals surface area contributed by atoms with Crippen LogP contribution in [0.3, 0.4) is 0 Å². The molecule has 3 aliphatic rings. The minimum Gasteiger partial charge on any atom is -0.494 e. The van der Waals surface area contributed by atoms with Gasteiger partial charge < -0.3 is 29.7 Å². The van der Waals surface area contributed by atoms with Gasteiger partial charge in [0.25, 0.3) is 0 Å². The quantitative estimate of drug-likeness (QED) is 0.0770. The van der Waals surface area contributed by atoms with Crippen LogP contribution in [0.15, 0.2) is 59.2 Å². The Morgan fingerprint density at radius 2 is 1.71 bits per heavy atom. The van der Waals surface area contributed by atoms with Crippen LogP contribution in [0.5, 0.6) is 5.75 Å². The lowest BCUT2D eigenvalue weighted by molar-refractivity contribution is -0.134. The van der Waals surface area contributed by atoms with Gasteiger partial charge in [0.05, 0.1) is 34.4 Å². The van der Waals surface area contributed by atoms with Crippen molar-refractivity contribution in [2.75, 3.05) is 75.2 Å². The van der Waals surface area contributed by atoms with Crippen LogP contribution >= 0.6 is 23.1 Å². The zero-order valence-electron chi connectivity index (χ0n) is 37.8. The molecule has 3 N–H and O–H groups in total. The first-order valence-corrected chi connectivity index (χ1v) is 25.8. The zero-order chi connectivity index (χ0) is 46.2. The summed E-state index contributed by atoms with van der Waals surface area (Å²) in [5.74, 6) is -1.96. The summed E-state index contributed by atoms with van der Waals surface area (Å²) in [6.45, 7) is 15.0. The van der Waals surface area contributed by atoms with Gasteiger partial charge in [0.1, 0.15) is 30.3 Å².